The van der Waals surface area contributed by atoms with Crippen molar-refractivity contribution in [1.82, 2.24) is 5.32 Å². The molecule has 0 aliphatic carbocycles. The summed E-state index contributed by atoms with van der Waals surface area (Å²) in [5.41, 5.74) is 0.281. The minimum Gasteiger partial charge on any atom is -0.478 e. The Hall–Kier alpha value is -1.60. The van der Waals surface area contributed by atoms with E-state index < -0.39 is 12.0 Å². The Morgan fingerprint density at radius 3 is 2.85 bits per heavy atom. The van der Waals surface area contributed by atoms with E-state index in [1.165, 1.54) is 6.07 Å². The lowest BCUT2D eigenvalue weighted by Gasteiger charge is -2.23. The Morgan fingerprint density at radius 1 is 1.40 bits per heavy atom. The fourth-order valence-electron chi connectivity index (χ4n) is 2.02. The molecule has 1 fully saturated rings. The maximum absolute atomic E-state index is 11.9. The summed E-state index contributed by atoms with van der Waals surface area (Å²) in [4.78, 5) is 23.0. The molecule has 20 heavy (non-hydrogen) atoms. The van der Waals surface area contributed by atoms with Gasteiger partial charge in [-0.25, -0.2) is 9.59 Å². The Kier molecular flexibility index (Phi) is 4.97. The number of para-hydroxylation sites is 1. The van der Waals surface area contributed by atoms with Gasteiger partial charge < -0.3 is 20.5 Å². The lowest BCUT2D eigenvalue weighted by molar-refractivity contribution is 0.0697. The van der Waals surface area contributed by atoms with Crippen LogP contribution in [0.2, 0.25) is 0 Å². The van der Waals surface area contributed by atoms with Gasteiger partial charge in [-0.3, -0.25) is 0 Å². The minimum atomic E-state index is -1.09. The lowest BCUT2D eigenvalue weighted by atomic mass is 10.1. The SMILES string of the molecule is O=C(Nc1c(Br)cccc1C(=O)O)NC1CCCOC1. The summed E-state index contributed by atoms with van der Waals surface area (Å²) in [5.74, 6) is -1.09. The number of hydrogen-bond donors (Lipinski definition) is 3. The molecule has 6 nitrogen and oxygen atoms in total. The van der Waals surface area contributed by atoms with Gasteiger partial charge in [-0.15, -0.1) is 0 Å². The van der Waals surface area contributed by atoms with Gasteiger partial charge in [0.25, 0.3) is 0 Å². The van der Waals surface area contributed by atoms with Crippen LogP contribution in [0.1, 0.15) is 23.2 Å². The number of benzene rings is 1. The van der Waals surface area contributed by atoms with E-state index in [2.05, 4.69) is 26.6 Å². The summed E-state index contributed by atoms with van der Waals surface area (Å²) >= 11 is 3.24. The topological polar surface area (TPSA) is 87.7 Å². The van der Waals surface area contributed by atoms with E-state index in [1.807, 2.05) is 0 Å². The number of nitrogens with one attached hydrogen (secondary N) is 2. The average Bonchev–Trinajstić information content (AvgIpc) is 2.42. The van der Waals surface area contributed by atoms with Crippen molar-refractivity contribution >= 4 is 33.6 Å². The molecule has 3 N–H and O–H groups in total. The monoisotopic (exact) mass is 342 g/mol. The van der Waals surface area contributed by atoms with Crippen LogP contribution in [0.4, 0.5) is 10.5 Å². The number of carbonyl (C=O) groups is 2. The van der Waals surface area contributed by atoms with Crippen LogP contribution in [0.5, 0.6) is 0 Å². The number of carbonyl (C=O) groups excluding carboxylic acids is 1. The van der Waals surface area contributed by atoms with E-state index in [1.54, 1.807) is 12.1 Å². The number of carboxylic acid groups (broad SMARTS) is 1. The van der Waals surface area contributed by atoms with Gasteiger partial charge in [-0.2, -0.15) is 0 Å². The zero-order valence-electron chi connectivity index (χ0n) is 10.7. The van der Waals surface area contributed by atoms with Gasteiger partial charge in [0.15, 0.2) is 0 Å². The molecule has 1 aliphatic rings. The Morgan fingerprint density at radius 2 is 2.20 bits per heavy atom. The predicted octanol–water partition coefficient (Wildman–Crippen LogP) is 2.45. The molecule has 1 aromatic rings. The number of hydrogen-bond acceptors (Lipinski definition) is 3. The second-order valence-corrected chi connectivity index (χ2v) is 5.33. The third kappa shape index (κ3) is 3.71. The van der Waals surface area contributed by atoms with Crippen molar-refractivity contribution in [2.45, 2.75) is 18.9 Å². The largest absolute Gasteiger partial charge is 0.478 e. The number of amides is 2. The number of rotatable bonds is 3. The summed E-state index contributed by atoms with van der Waals surface area (Å²) in [6, 6.07) is 4.23. The molecule has 0 bridgehead atoms. The van der Waals surface area contributed by atoms with E-state index in [4.69, 9.17) is 9.84 Å². The second kappa shape index (κ2) is 6.71. The van der Waals surface area contributed by atoms with Crippen molar-refractivity contribution < 1.29 is 19.4 Å². The smallest absolute Gasteiger partial charge is 0.337 e. The zero-order chi connectivity index (χ0) is 14.5. The van der Waals surface area contributed by atoms with Gasteiger partial charge in [0, 0.05) is 11.1 Å². The molecule has 2 amide bonds. The summed E-state index contributed by atoms with van der Waals surface area (Å²) in [7, 11) is 0. The molecule has 0 saturated carbocycles. The molecule has 1 heterocycles. The van der Waals surface area contributed by atoms with Crippen LogP contribution >= 0.6 is 15.9 Å². The van der Waals surface area contributed by atoms with Crippen molar-refractivity contribution in [3.8, 4) is 0 Å². The Labute approximate surface area is 124 Å². The summed E-state index contributed by atoms with van der Waals surface area (Å²) < 4.78 is 5.79. The molecule has 7 heteroatoms. The minimum absolute atomic E-state index is 0.0365. The van der Waals surface area contributed by atoms with Gasteiger partial charge in [-0.05, 0) is 40.9 Å². The van der Waals surface area contributed by atoms with Gasteiger partial charge in [-0.1, -0.05) is 6.07 Å². The van der Waals surface area contributed by atoms with Crippen LogP contribution in [-0.2, 0) is 4.74 Å². The number of urea groups is 1. The molecular formula is C13H15BrN2O4. The first kappa shape index (κ1) is 14.8. The van der Waals surface area contributed by atoms with Crippen LogP contribution in [0, 0.1) is 0 Å². The summed E-state index contributed by atoms with van der Waals surface area (Å²) in [6.07, 6.45) is 1.76. The van der Waals surface area contributed by atoms with Gasteiger partial charge in [0.1, 0.15) is 0 Å². The molecule has 0 radical (unpaired) electrons. The number of aromatic carboxylic acids is 1. The third-order valence-electron chi connectivity index (χ3n) is 2.98. The third-order valence-corrected chi connectivity index (χ3v) is 3.64. The zero-order valence-corrected chi connectivity index (χ0v) is 12.3. The molecule has 1 saturated heterocycles. The highest BCUT2D eigenvalue weighted by atomic mass is 79.9. The fourth-order valence-corrected chi connectivity index (χ4v) is 2.48. The van der Waals surface area contributed by atoms with Gasteiger partial charge >= 0.3 is 12.0 Å². The molecule has 108 valence electrons. The maximum Gasteiger partial charge on any atom is 0.337 e. The lowest BCUT2D eigenvalue weighted by Crippen LogP contribution is -2.43. The number of ether oxygens (including phenoxy) is 1. The van der Waals surface area contributed by atoms with E-state index in [0.29, 0.717) is 17.7 Å². The number of anilines is 1. The highest BCUT2D eigenvalue weighted by Crippen LogP contribution is 2.26. The van der Waals surface area contributed by atoms with E-state index in [0.717, 1.165) is 12.8 Å². The maximum atomic E-state index is 11.9. The first-order valence-corrected chi connectivity index (χ1v) is 7.04. The highest BCUT2D eigenvalue weighted by molar-refractivity contribution is 9.10. The summed E-state index contributed by atoms with van der Waals surface area (Å²) in [5, 5.41) is 14.5. The molecule has 0 spiro atoms. The van der Waals surface area contributed by atoms with Crippen molar-refractivity contribution in [3.05, 3.63) is 28.2 Å². The molecule has 1 unspecified atom stereocenters. The van der Waals surface area contributed by atoms with Gasteiger partial charge in [0.2, 0.25) is 0 Å². The second-order valence-electron chi connectivity index (χ2n) is 4.48. The Bertz CT molecular complexity index is 515. The molecule has 1 aliphatic heterocycles. The van der Waals surface area contributed by atoms with E-state index in [9.17, 15) is 9.59 Å². The van der Waals surface area contributed by atoms with Crippen LogP contribution in [0.25, 0.3) is 0 Å². The van der Waals surface area contributed by atoms with Crippen LogP contribution in [-0.4, -0.2) is 36.4 Å². The first-order valence-electron chi connectivity index (χ1n) is 6.25. The first-order chi connectivity index (χ1) is 9.58. The van der Waals surface area contributed by atoms with Crippen LogP contribution in [0.15, 0.2) is 22.7 Å². The van der Waals surface area contributed by atoms with Crippen LogP contribution < -0.4 is 10.6 Å². The van der Waals surface area contributed by atoms with Crippen molar-refractivity contribution in [1.29, 1.82) is 0 Å². The molecule has 2 rings (SSSR count). The predicted molar refractivity (Wildman–Crippen MR) is 77.1 cm³/mol. The van der Waals surface area contributed by atoms with Gasteiger partial charge in [0.05, 0.1) is 23.9 Å². The fraction of sp³-hybridized carbons (Fsp3) is 0.385. The molecule has 1 aromatic carbocycles. The average molecular weight is 343 g/mol. The number of halogens is 1. The van der Waals surface area contributed by atoms with Crippen molar-refractivity contribution in [2.75, 3.05) is 18.5 Å². The van der Waals surface area contributed by atoms with E-state index >= 15 is 0 Å². The van der Waals surface area contributed by atoms with Crippen molar-refractivity contribution in [3.63, 3.8) is 0 Å². The molecule has 0 aromatic heterocycles. The Balaban J connectivity index is 2.05. The molecular weight excluding hydrogens is 328 g/mol. The van der Waals surface area contributed by atoms with E-state index in [-0.39, 0.29) is 17.3 Å². The van der Waals surface area contributed by atoms with Crippen molar-refractivity contribution in [2.24, 2.45) is 0 Å². The van der Waals surface area contributed by atoms with Crippen LogP contribution in [0.3, 0.4) is 0 Å². The summed E-state index contributed by atoms with van der Waals surface area (Å²) in [6.45, 7) is 1.20. The quantitative estimate of drug-likeness (QED) is 0.787. The highest BCUT2D eigenvalue weighted by Gasteiger charge is 2.19. The number of carboxylic acids is 1. The molecule has 1 atom stereocenters. The normalized spacial score (nSPS) is 18.4. The standard InChI is InChI=1S/C13H15BrN2O4/c14-10-5-1-4-9(12(17)18)11(10)16-13(19)15-8-3-2-6-20-7-8/h1,4-5,8H,2-3,6-7H2,(H,17,18)(H2,15,16,19).